The number of rotatable bonds is 6. The Kier molecular flexibility index (Phi) is 5.86. The van der Waals surface area contributed by atoms with Gasteiger partial charge in [0.05, 0.1) is 25.5 Å². The van der Waals surface area contributed by atoms with Crippen molar-refractivity contribution in [3.63, 3.8) is 0 Å². The Morgan fingerprint density at radius 2 is 2.00 bits per heavy atom. The summed E-state index contributed by atoms with van der Waals surface area (Å²) in [5, 5.41) is 0. The Morgan fingerprint density at radius 1 is 1.29 bits per heavy atom. The SMILES string of the molecule is CCCCOC(=O)c1ccc(C=COC)cc1. The number of hydrogen-bond acceptors (Lipinski definition) is 3. The first-order valence-electron chi connectivity index (χ1n) is 5.74. The van der Waals surface area contributed by atoms with Crippen LogP contribution in [-0.2, 0) is 9.47 Å². The number of methoxy groups -OCH3 is 1. The van der Waals surface area contributed by atoms with E-state index in [1.165, 1.54) is 0 Å². The molecule has 3 nitrogen and oxygen atoms in total. The summed E-state index contributed by atoms with van der Waals surface area (Å²) < 4.78 is 9.92. The average molecular weight is 234 g/mol. The maximum absolute atomic E-state index is 11.6. The molecule has 0 aromatic heterocycles. The van der Waals surface area contributed by atoms with E-state index in [0.717, 1.165) is 18.4 Å². The molecule has 0 aliphatic rings. The fraction of sp³-hybridized carbons (Fsp3) is 0.357. The van der Waals surface area contributed by atoms with Crippen LogP contribution < -0.4 is 0 Å². The quantitative estimate of drug-likeness (QED) is 0.430. The molecule has 0 saturated heterocycles. The van der Waals surface area contributed by atoms with Gasteiger partial charge in [-0.2, -0.15) is 0 Å². The highest BCUT2D eigenvalue weighted by atomic mass is 16.5. The summed E-state index contributed by atoms with van der Waals surface area (Å²) in [6.07, 6.45) is 5.34. The van der Waals surface area contributed by atoms with Crippen molar-refractivity contribution >= 4 is 12.0 Å². The molecule has 0 atom stereocenters. The van der Waals surface area contributed by atoms with E-state index in [2.05, 4.69) is 6.92 Å². The summed E-state index contributed by atoms with van der Waals surface area (Å²) in [7, 11) is 1.59. The standard InChI is InChI=1S/C14H18O3/c1-3-4-10-17-14(15)13-7-5-12(6-8-13)9-11-16-2/h5-9,11H,3-4,10H2,1-2H3. The van der Waals surface area contributed by atoms with Crippen molar-refractivity contribution in [1.29, 1.82) is 0 Å². The second kappa shape index (κ2) is 7.49. The summed E-state index contributed by atoms with van der Waals surface area (Å²) in [6, 6.07) is 7.21. The van der Waals surface area contributed by atoms with Gasteiger partial charge in [-0.05, 0) is 30.2 Å². The molecule has 1 aromatic carbocycles. The first-order valence-corrected chi connectivity index (χ1v) is 5.74. The van der Waals surface area contributed by atoms with Crippen LogP contribution in [0.5, 0.6) is 0 Å². The van der Waals surface area contributed by atoms with Gasteiger partial charge in [0.1, 0.15) is 0 Å². The molecule has 0 heterocycles. The lowest BCUT2D eigenvalue weighted by Crippen LogP contribution is -2.06. The monoisotopic (exact) mass is 234 g/mol. The molecule has 0 aliphatic heterocycles. The van der Waals surface area contributed by atoms with E-state index in [9.17, 15) is 4.79 Å². The molecular weight excluding hydrogens is 216 g/mol. The predicted octanol–water partition coefficient (Wildman–Crippen LogP) is 3.26. The molecule has 0 fully saturated rings. The fourth-order valence-corrected chi connectivity index (χ4v) is 1.27. The number of esters is 1. The highest BCUT2D eigenvalue weighted by molar-refractivity contribution is 5.89. The highest BCUT2D eigenvalue weighted by Gasteiger charge is 2.05. The molecule has 0 amide bonds. The van der Waals surface area contributed by atoms with Gasteiger partial charge in [-0.1, -0.05) is 25.5 Å². The Morgan fingerprint density at radius 3 is 2.59 bits per heavy atom. The highest BCUT2D eigenvalue weighted by Crippen LogP contribution is 2.08. The number of hydrogen-bond donors (Lipinski definition) is 0. The van der Waals surface area contributed by atoms with Crippen LogP contribution in [0.4, 0.5) is 0 Å². The topological polar surface area (TPSA) is 35.5 Å². The van der Waals surface area contributed by atoms with E-state index in [4.69, 9.17) is 9.47 Å². The summed E-state index contributed by atoms with van der Waals surface area (Å²) in [6.45, 7) is 2.55. The Hall–Kier alpha value is -1.77. The molecule has 1 rings (SSSR count). The molecule has 0 unspecified atom stereocenters. The third-order valence-corrected chi connectivity index (χ3v) is 2.27. The second-order valence-electron chi connectivity index (χ2n) is 3.65. The zero-order chi connectivity index (χ0) is 12.5. The van der Waals surface area contributed by atoms with Crippen molar-refractivity contribution in [1.82, 2.24) is 0 Å². The minimum Gasteiger partial charge on any atom is -0.504 e. The molecule has 92 valence electrons. The maximum Gasteiger partial charge on any atom is 0.338 e. The lowest BCUT2D eigenvalue weighted by Gasteiger charge is -2.03. The third-order valence-electron chi connectivity index (χ3n) is 2.27. The van der Waals surface area contributed by atoms with Crippen molar-refractivity contribution in [3.05, 3.63) is 41.7 Å². The Bertz CT molecular complexity index is 366. The van der Waals surface area contributed by atoms with Crippen LogP contribution in [0.15, 0.2) is 30.5 Å². The molecule has 3 heteroatoms. The Labute approximate surface area is 102 Å². The van der Waals surface area contributed by atoms with E-state index in [1.807, 2.05) is 18.2 Å². The maximum atomic E-state index is 11.6. The lowest BCUT2D eigenvalue weighted by molar-refractivity contribution is 0.0500. The van der Waals surface area contributed by atoms with Crippen LogP contribution in [-0.4, -0.2) is 19.7 Å². The first-order chi connectivity index (χ1) is 8.27. The average Bonchev–Trinajstić information content (AvgIpc) is 2.37. The lowest BCUT2D eigenvalue weighted by atomic mass is 10.1. The number of benzene rings is 1. The number of ether oxygens (including phenoxy) is 2. The smallest absolute Gasteiger partial charge is 0.338 e. The minimum absolute atomic E-state index is 0.263. The predicted molar refractivity (Wildman–Crippen MR) is 67.7 cm³/mol. The zero-order valence-corrected chi connectivity index (χ0v) is 10.3. The van der Waals surface area contributed by atoms with E-state index in [1.54, 1.807) is 25.5 Å². The first kappa shape index (κ1) is 13.3. The normalized spacial score (nSPS) is 10.5. The fourth-order valence-electron chi connectivity index (χ4n) is 1.27. The second-order valence-corrected chi connectivity index (χ2v) is 3.65. The van der Waals surface area contributed by atoms with Crippen LogP contribution in [0.25, 0.3) is 6.08 Å². The van der Waals surface area contributed by atoms with Crippen LogP contribution in [0.3, 0.4) is 0 Å². The minimum atomic E-state index is -0.263. The molecule has 1 aromatic rings. The van der Waals surface area contributed by atoms with Gasteiger partial charge in [0, 0.05) is 0 Å². The molecule has 0 bridgehead atoms. The summed E-state index contributed by atoms with van der Waals surface area (Å²) in [5.74, 6) is -0.263. The van der Waals surface area contributed by atoms with Gasteiger partial charge in [-0.15, -0.1) is 0 Å². The van der Waals surface area contributed by atoms with Crippen molar-refractivity contribution in [2.45, 2.75) is 19.8 Å². The third kappa shape index (κ3) is 4.72. The van der Waals surface area contributed by atoms with E-state index in [-0.39, 0.29) is 5.97 Å². The van der Waals surface area contributed by atoms with Crippen molar-refractivity contribution < 1.29 is 14.3 Å². The molecule has 0 aliphatic carbocycles. The molecule has 0 spiro atoms. The van der Waals surface area contributed by atoms with Gasteiger partial charge >= 0.3 is 5.97 Å². The van der Waals surface area contributed by atoms with Crippen LogP contribution in [0, 0.1) is 0 Å². The molecule has 17 heavy (non-hydrogen) atoms. The summed E-state index contributed by atoms with van der Waals surface area (Å²) in [4.78, 5) is 11.6. The van der Waals surface area contributed by atoms with Gasteiger partial charge < -0.3 is 9.47 Å². The number of carbonyl (C=O) groups is 1. The van der Waals surface area contributed by atoms with E-state index in [0.29, 0.717) is 12.2 Å². The summed E-state index contributed by atoms with van der Waals surface area (Å²) >= 11 is 0. The van der Waals surface area contributed by atoms with E-state index >= 15 is 0 Å². The van der Waals surface area contributed by atoms with E-state index < -0.39 is 0 Å². The molecular formula is C14H18O3. The Balaban J connectivity index is 2.54. The van der Waals surface area contributed by atoms with Crippen LogP contribution in [0.2, 0.25) is 0 Å². The number of carbonyl (C=O) groups excluding carboxylic acids is 1. The molecule has 0 radical (unpaired) electrons. The van der Waals surface area contributed by atoms with Crippen LogP contribution >= 0.6 is 0 Å². The van der Waals surface area contributed by atoms with Gasteiger partial charge in [0.15, 0.2) is 0 Å². The largest absolute Gasteiger partial charge is 0.504 e. The zero-order valence-electron chi connectivity index (χ0n) is 10.3. The molecule has 0 saturated carbocycles. The van der Waals surface area contributed by atoms with Gasteiger partial charge in [0.25, 0.3) is 0 Å². The number of unbranched alkanes of at least 4 members (excludes halogenated alkanes) is 1. The van der Waals surface area contributed by atoms with Gasteiger partial charge in [-0.25, -0.2) is 4.79 Å². The van der Waals surface area contributed by atoms with Crippen molar-refractivity contribution in [3.8, 4) is 0 Å². The van der Waals surface area contributed by atoms with Gasteiger partial charge in [0.2, 0.25) is 0 Å². The van der Waals surface area contributed by atoms with Gasteiger partial charge in [-0.3, -0.25) is 0 Å². The van der Waals surface area contributed by atoms with Crippen molar-refractivity contribution in [2.24, 2.45) is 0 Å². The summed E-state index contributed by atoms with van der Waals surface area (Å²) in [5.41, 5.74) is 1.56. The van der Waals surface area contributed by atoms with Crippen LogP contribution in [0.1, 0.15) is 35.7 Å². The van der Waals surface area contributed by atoms with Crippen molar-refractivity contribution in [2.75, 3.05) is 13.7 Å². The molecule has 0 N–H and O–H groups in total.